The number of ether oxygens (including phenoxy) is 2. The number of hydrogen-bond acceptors (Lipinski definition) is 7. The van der Waals surface area contributed by atoms with Crippen LogP contribution in [0.15, 0.2) is 47.6 Å². The van der Waals surface area contributed by atoms with Gasteiger partial charge in [0.2, 0.25) is 0 Å². The molecule has 4 rings (SSSR count). The summed E-state index contributed by atoms with van der Waals surface area (Å²) in [5.74, 6) is 2.12. The molecule has 1 atom stereocenters. The first-order valence-corrected chi connectivity index (χ1v) is 12.6. The molecule has 8 nitrogen and oxygen atoms in total. The van der Waals surface area contributed by atoms with Crippen LogP contribution in [0.25, 0.3) is 0 Å². The summed E-state index contributed by atoms with van der Waals surface area (Å²) in [6, 6.07) is 13.1. The van der Waals surface area contributed by atoms with Crippen LogP contribution in [-0.2, 0) is 24.4 Å². The first kappa shape index (κ1) is 24.8. The molecular weight excluding hydrogens is 464 g/mol. The summed E-state index contributed by atoms with van der Waals surface area (Å²) in [5, 5.41) is 11.8. The maximum atomic E-state index is 13.2. The van der Waals surface area contributed by atoms with Crippen LogP contribution in [-0.4, -0.2) is 38.3 Å². The molecule has 0 spiro atoms. The Morgan fingerprint density at radius 2 is 1.94 bits per heavy atom. The third-order valence-corrected chi connectivity index (χ3v) is 6.67. The molecule has 0 saturated carbocycles. The Morgan fingerprint density at radius 1 is 1.17 bits per heavy atom. The van der Waals surface area contributed by atoms with E-state index in [2.05, 4.69) is 48.4 Å². The number of benzene rings is 2. The lowest BCUT2D eigenvalue weighted by molar-refractivity contribution is -0.118. The van der Waals surface area contributed by atoms with Crippen molar-refractivity contribution in [2.24, 2.45) is 5.92 Å². The van der Waals surface area contributed by atoms with Crippen molar-refractivity contribution in [3.8, 4) is 11.5 Å². The number of anilines is 1. The van der Waals surface area contributed by atoms with Crippen LogP contribution in [0.5, 0.6) is 11.5 Å². The molecule has 1 N–H and O–H groups in total. The largest absolute Gasteiger partial charge is 0.486 e. The summed E-state index contributed by atoms with van der Waals surface area (Å²) < 4.78 is 13.4. The number of hydrogen-bond donors (Lipinski definition) is 1. The molecule has 2 aromatic carbocycles. The highest BCUT2D eigenvalue weighted by Crippen LogP contribution is 2.31. The number of nitrogens with zero attached hydrogens (tertiary/aromatic N) is 3. The van der Waals surface area contributed by atoms with E-state index in [-0.39, 0.29) is 18.3 Å². The monoisotopic (exact) mass is 494 g/mol. The quantitative estimate of drug-likeness (QED) is 0.320. The summed E-state index contributed by atoms with van der Waals surface area (Å²) in [5.41, 5.74) is 2.27. The lowest BCUT2D eigenvalue weighted by atomic mass is 10.1. The van der Waals surface area contributed by atoms with E-state index in [1.807, 2.05) is 23.6 Å². The van der Waals surface area contributed by atoms with Gasteiger partial charge in [0, 0.05) is 12.1 Å². The van der Waals surface area contributed by atoms with E-state index in [9.17, 15) is 9.59 Å². The van der Waals surface area contributed by atoms with Crippen LogP contribution >= 0.6 is 11.8 Å². The molecule has 184 valence electrons. The Morgan fingerprint density at radius 3 is 2.66 bits per heavy atom. The van der Waals surface area contributed by atoms with Crippen LogP contribution in [0.3, 0.4) is 0 Å². The molecule has 9 heteroatoms. The summed E-state index contributed by atoms with van der Waals surface area (Å²) in [7, 11) is 0. The normalized spacial score (nSPS) is 13.7. The fraction of sp³-hybridized carbons (Fsp3) is 0.385. The number of fused-ring (bicyclic) bond motifs is 1. The number of carbonyl (C=O) groups excluding carboxylic acids is 2. The lowest BCUT2D eigenvalue weighted by Crippen LogP contribution is -2.26. The van der Waals surface area contributed by atoms with Crippen molar-refractivity contribution in [2.75, 3.05) is 11.9 Å². The van der Waals surface area contributed by atoms with E-state index >= 15 is 0 Å². The van der Waals surface area contributed by atoms with Gasteiger partial charge in [-0.05, 0) is 55.2 Å². The van der Waals surface area contributed by atoms with Gasteiger partial charge in [0.15, 0.2) is 23.4 Å². The number of nitrogens with one attached hydrogen (secondary N) is 1. The van der Waals surface area contributed by atoms with Crippen molar-refractivity contribution >= 4 is 29.1 Å². The standard InChI is InChI=1S/C26H30N4O4S/c1-5-18-6-9-20(10-7-18)33-14-23-28-29-26(30(23)13-16(2)3)35-17(4)25(32)19-8-11-22-21(12-19)27-24(31)15-34-22/h6-12,16-17H,5,13-15H2,1-4H3,(H,27,31). The van der Waals surface area contributed by atoms with E-state index in [0.29, 0.717) is 47.1 Å². The van der Waals surface area contributed by atoms with E-state index in [0.717, 1.165) is 12.2 Å². The van der Waals surface area contributed by atoms with Gasteiger partial charge in [0.05, 0.1) is 10.9 Å². The van der Waals surface area contributed by atoms with Crippen LogP contribution in [0, 0.1) is 5.92 Å². The number of Topliss-reactive ketones (excluding diaryl/α,β-unsaturated/α-hetero) is 1. The maximum absolute atomic E-state index is 13.2. The SMILES string of the molecule is CCc1ccc(OCc2nnc(SC(C)C(=O)c3ccc4c(c3)NC(=O)CO4)n2CC(C)C)cc1. The molecule has 0 bridgehead atoms. The van der Waals surface area contributed by atoms with E-state index < -0.39 is 5.25 Å². The van der Waals surface area contributed by atoms with Gasteiger partial charge in [-0.2, -0.15) is 0 Å². The van der Waals surface area contributed by atoms with Gasteiger partial charge in [-0.25, -0.2) is 0 Å². The van der Waals surface area contributed by atoms with Gasteiger partial charge in [-0.1, -0.05) is 44.7 Å². The first-order valence-electron chi connectivity index (χ1n) is 11.8. The predicted molar refractivity (Wildman–Crippen MR) is 135 cm³/mol. The predicted octanol–water partition coefficient (Wildman–Crippen LogP) is 4.77. The molecule has 1 aliphatic rings. The molecular formula is C26H30N4O4S. The Balaban J connectivity index is 1.47. The molecule has 3 aromatic rings. The van der Waals surface area contributed by atoms with Crippen molar-refractivity contribution in [1.82, 2.24) is 14.8 Å². The van der Waals surface area contributed by atoms with Crippen molar-refractivity contribution in [3.63, 3.8) is 0 Å². The topological polar surface area (TPSA) is 95.3 Å². The zero-order valence-corrected chi connectivity index (χ0v) is 21.2. The van der Waals surface area contributed by atoms with Crippen molar-refractivity contribution in [1.29, 1.82) is 0 Å². The number of ketones is 1. The van der Waals surface area contributed by atoms with E-state index in [1.54, 1.807) is 18.2 Å². The molecule has 0 saturated heterocycles. The maximum Gasteiger partial charge on any atom is 0.262 e. The number of thioether (sulfide) groups is 1. The fourth-order valence-electron chi connectivity index (χ4n) is 3.71. The lowest BCUT2D eigenvalue weighted by Gasteiger charge is -2.19. The number of rotatable bonds is 10. The molecule has 2 heterocycles. The number of carbonyl (C=O) groups is 2. The Bertz CT molecular complexity index is 1210. The van der Waals surface area contributed by atoms with Crippen LogP contribution in [0.4, 0.5) is 5.69 Å². The zero-order valence-electron chi connectivity index (χ0n) is 20.4. The summed E-state index contributed by atoms with van der Waals surface area (Å²) in [4.78, 5) is 24.8. The first-order chi connectivity index (χ1) is 16.8. The molecule has 1 aromatic heterocycles. The molecule has 0 fully saturated rings. The Kier molecular flexibility index (Phi) is 7.75. The summed E-state index contributed by atoms with van der Waals surface area (Å²) in [6.07, 6.45) is 0.981. The average Bonchev–Trinajstić information content (AvgIpc) is 3.22. The number of aromatic nitrogens is 3. The zero-order chi connectivity index (χ0) is 24.9. The third-order valence-electron chi connectivity index (χ3n) is 5.59. The van der Waals surface area contributed by atoms with E-state index in [4.69, 9.17) is 9.47 Å². The molecule has 0 radical (unpaired) electrons. The fourth-order valence-corrected chi connectivity index (χ4v) is 4.67. The van der Waals surface area contributed by atoms with Crippen molar-refractivity contribution < 1.29 is 19.1 Å². The molecule has 1 amide bonds. The van der Waals surface area contributed by atoms with Crippen LogP contribution < -0.4 is 14.8 Å². The van der Waals surface area contributed by atoms with Crippen molar-refractivity contribution in [2.45, 2.75) is 57.7 Å². The third kappa shape index (κ3) is 6.03. The summed E-state index contributed by atoms with van der Waals surface area (Å²) in [6.45, 7) is 9.20. The highest BCUT2D eigenvalue weighted by atomic mass is 32.2. The minimum atomic E-state index is -0.404. The highest BCUT2D eigenvalue weighted by Gasteiger charge is 2.24. The second-order valence-corrected chi connectivity index (χ2v) is 10.2. The van der Waals surface area contributed by atoms with E-state index in [1.165, 1.54) is 17.3 Å². The minimum Gasteiger partial charge on any atom is -0.486 e. The van der Waals surface area contributed by atoms with Gasteiger partial charge in [-0.15, -0.1) is 10.2 Å². The molecule has 1 unspecified atom stereocenters. The van der Waals surface area contributed by atoms with Crippen molar-refractivity contribution in [3.05, 3.63) is 59.4 Å². The van der Waals surface area contributed by atoms with Gasteiger partial charge < -0.3 is 19.4 Å². The van der Waals surface area contributed by atoms with Gasteiger partial charge in [0.25, 0.3) is 5.91 Å². The second-order valence-electron chi connectivity index (χ2n) is 8.86. The number of aryl methyl sites for hydroxylation is 1. The van der Waals surface area contributed by atoms with Gasteiger partial charge in [-0.3, -0.25) is 9.59 Å². The Hall–Kier alpha value is -3.33. The minimum absolute atomic E-state index is 0.0197. The van der Waals surface area contributed by atoms with Crippen LogP contribution in [0.2, 0.25) is 0 Å². The smallest absolute Gasteiger partial charge is 0.262 e. The molecule has 35 heavy (non-hydrogen) atoms. The van der Waals surface area contributed by atoms with Crippen LogP contribution in [0.1, 0.15) is 49.4 Å². The summed E-state index contributed by atoms with van der Waals surface area (Å²) >= 11 is 1.37. The second kappa shape index (κ2) is 10.9. The number of amides is 1. The molecule has 0 aliphatic carbocycles. The van der Waals surface area contributed by atoms with Gasteiger partial charge in [0.1, 0.15) is 18.1 Å². The Labute approximate surface area is 209 Å². The highest BCUT2D eigenvalue weighted by molar-refractivity contribution is 8.00. The molecule has 1 aliphatic heterocycles. The average molecular weight is 495 g/mol. The van der Waals surface area contributed by atoms with Gasteiger partial charge >= 0.3 is 0 Å².